The summed E-state index contributed by atoms with van der Waals surface area (Å²) in [6.07, 6.45) is 2.15. The van der Waals surface area contributed by atoms with Gasteiger partial charge < -0.3 is 10.6 Å². The Bertz CT molecular complexity index is 963. The maximum Gasteiger partial charge on any atom is 0.159 e. The number of pyridine rings is 1. The van der Waals surface area contributed by atoms with Gasteiger partial charge in [-0.3, -0.25) is 5.10 Å². The van der Waals surface area contributed by atoms with E-state index in [1.807, 2.05) is 13.0 Å². The lowest BCUT2D eigenvalue weighted by Crippen LogP contribution is -2.13. The van der Waals surface area contributed by atoms with Crippen molar-refractivity contribution in [3.63, 3.8) is 0 Å². The number of H-pyrrole nitrogens is 1. The quantitative estimate of drug-likeness (QED) is 0.627. The van der Waals surface area contributed by atoms with E-state index in [0.717, 1.165) is 18.1 Å². The van der Waals surface area contributed by atoms with Gasteiger partial charge in [-0.2, -0.15) is 10.4 Å². The molecule has 0 aliphatic carbocycles. The molecule has 10 heteroatoms. The third-order valence-corrected chi connectivity index (χ3v) is 3.72. The first kappa shape index (κ1) is 17.6. The lowest BCUT2D eigenvalue weighted by molar-refractivity contribution is 0.604. The van der Waals surface area contributed by atoms with Gasteiger partial charge >= 0.3 is 0 Å². The maximum absolute atomic E-state index is 13.0. The molecule has 0 fully saturated rings. The zero-order valence-corrected chi connectivity index (χ0v) is 14.6. The summed E-state index contributed by atoms with van der Waals surface area (Å²) >= 11 is 6.20. The summed E-state index contributed by atoms with van der Waals surface area (Å²) in [6.45, 7) is 3.64. The largest absolute Gasteiger partial charge is 0.359 e. The van der Waals surface area contributed by atoms with Crippen LogP contribution in [0.5, 0.6) is 0 Å². The summed E-state index contributed by atoms with van der Waals surface area (Å²) in [4.78, 5) is 12.2. The molecule has 1 atom stereocenters. The fourth-order valence-electron chi connectivity index (χ4n) is 2.19. The fourth-order valence-corrected chi connectivity index (χ4v) is 2.39. The van der Waals surface area contributed by atoms with E-state index in [2.05, 4.69) is 35.8 Å². The molecule has 0 aliphatic rings. The van der Waals surface area contributed by atoms with Crippen LogP contribution in [0.25, 0.3) is 0 Å². The van der Waals surface area contributed by atoms with Crippen LogP contribution >= 0.6 is 11.6 Å². The maximum atomic E-state index is 13.0. The van der Waals surface area contributed by atoms with Crippen LogP contribution in [0.1, 0.15) is 30.0 Å². The van der Waals surface area contributed by atoms with Gasteiger partial charge in [-0.1, -0.05) is 11.6 Å². The lowest BCUT2D eigenvalue weighted by Gasteiger charge is -2.16. The van der Waals surface area contributed by atoms with Crippen LogP contribution in [-0.2, 0) is 0 Å². The molecule has 26 heavy (non-hydrogen) atoms. The van der Waals surface area contributed by atoms with Crippen LogP contribution in [0.15, 0.2) is 24.5 Å². The van der Waals surface area contributed by atoms with E-state index in [1.54, 1.807) is 13.0 Å². The molecule has 0 bridgehead atoms. The number of aromatic amines is 1. The number of aryl methyl sites for hydroxylation is 1. The van der Waals surface area contributed by atoms with Gasteiger partial charge in [0.25, 0.3) is 0 Å². The highest BCUT2D eigenvalue weighted by Crippen LogP contribution is 2.29. The molecule has 0 spiro atoms. The summed E-state index contributed by atoms with van der Waals surface area (Å²) < 4.78 is 13.0. The van der Waals surface area contributed by atoms with E-state index in [1.165, 1.54) is 6.07 Å². The number of halogens is 2. The minimum atomic E-state index is -0.524. The number of nitrogens with one attached hydrogen (secondary N) is 3. The summed E-state index contributed by atoms with van der Waals surface area (Å²) in [7, 11) is 0. The number of anilines is 3. The zero-order chi connectivity index (χ0) is 18.7. The third kappa shape index (κ3) is 3.87. The van der Waals surface area contributed by atoms with Gasteiger partial charge in [0.1, 0.15) is 17.7 Å². The summed E-state index contributed by atoms with van der Waals surface area (Å²) in [5.41, 5.74) is 1.13. The van der Waals surface area contributed by atoms with Gasteiger partial charge in [0.05, 0.1) is 29.0 Å². The van der Waals surface area contributed by atoms with Gasteiger partial charge in [0.2, 0.25) is 0 Å². The molecule has 0 aromatic carbocycles. The molecule has 3 rings (SSSR count). The average molecular weight is 373 g/mol. The van der Waals surface area contributed by atoms with E-state index in [4.69, 9.17) is 11.6 Å². The Morgan fingerprint density at radius 1 is 1.27 bits per heavy atom. The van der Waals surface area contributed by atoms with Gasteiger partial charge in [-0.15, -0.1) is 0 Å². The normalized spacial score (nSPS) is 11.7. The minimum Gasteiger partial charge on any atom is -0.359 e. The highest BCUT2D eigenvalue weighted by atomic mass is 35.5. The summed E-state index contributed by atoms with van der Waals surface area (Å²) in [5.74, 6) is 1.02. The number of nitrogens with zero attached hydrogens (tertiary/aromatic N) is 5. The monoisotopic (exact) mass is 372 g/mol. The van der Waals surface area contributed by atoms with Crippen molar-refractivity contribution >= 4 is 29.1 Å². The molecule has 3 aromatic heterocycles. The van der Waals surface area contributed by atoms with Crippen molar-refractivity contribution in [3.8, 4) is 6.07 Å². The molecular formula is C16H14ClFN8. The van der Waals surface area contributed by atoms with Crippen LogP contribution in [0, 0.1) is 24.1 Å². The molecule has 1 unspecified atom stereocenters. The number of hydrogen-bond donors (Lipinski definition) is 3. The van der Waals surface area contributed by atoms with Crippen LogP contribution in [0.2, 0.25) is 5.02 Å². The van der Waals surface area contributed by atoms with E-state index in [9.17, 15) is 9.65 Å². The van der Waals surface area contributed by atoms with Gasteiger partial charge in [-0.25, -0.2) is 19.3 Å². The third-order valence-electron chi connectivity index (χ3n) is 3.43. The Morgan fingerprint density at radius 3 is 2.62 bits per heavy atom. The first-order valence-corrected chi connectivity index (χ1v) is 7.97. The van der Waals surface area contributed by atoms with Crippen LogP contribution in [-0.4, -0.2) is 25.1 Å². The molecule has 3 aromatic rings. The number of aromatic nitrogens is 5. The summed E-state index contributed by atoms with van der Waals surface area (Å²) in [5, 5.41) is 22.5. The molecule has 0 amide bonds. The van der Waals surface area contributed by atoms with E-state index in [0.29, 0.717) is 23.3 Å². The van der Waals surface area contributed by atoms with E-state index < -0.39 is 11.9 Å². The second-order valence-corrected chi connectivity index (χ2v) is 5.92. The predicted molar refractivity (Wildman–Crippen MR) is 94.6 cm³/mol. The zero-order valence-electron chi connectivity index (χ0n) is 13.9. The minimum absolute atomic E-state index is 0.257. The van der Waals surface area contributed by atoms with E-state index in [-0.39, 0.29) is 10.6 Å². The topological polar surface area (TPSA) is 115 Å². The highest BCUT2D eigenvalue weighted by molar-refractivity contribution is 6.33. The Balaban J connectivity index is 1.88. The molecule has 132 valence electrons. The van der Waals surface area contributed by atoms with Crippen LogP contribution in [0.3, 0.4) is 0 Å². The molecule has 0 saturated carbocycles. The van der Waals surface area contributed by atoms with Gasteiger partial charge in [-0.05, 0) is 19.9 Å². The Kier molecular flexibility index (Phi) is 4.95. The summed E-state index contributed by atoms with van der Waals surface area (Å²) in [6, 6.07) is 4.92. The molecular weight excluding hydrogens is 359 g/mol. The number of hydrogen-bond acceptors (Lipinski definition) is 7. The molecule has 8 nitrogen and oxygen atoms in total. The van der Waals surface area contributed by atoms with Crippen molar-refractivity contribution in [2.24, 2.45) is 0 Å². The average Bonchev–Trinajstić information content (AvgIpc) is 3.03. The van der Waals surface area contributed by atoms with Gasteiger partial charge in [0.15, 0.2) is 17.5 Å². The fraction of sp³-hybridized carbons (Fsp3) is 0.188. The second-order valence-electron chi connectivity index (χ2n) is 5.51. The molecule has 0 aliphatic heterocycles. The Hall–Kier alpha value is -3.25. The van der Waals surface area contributed by atoms with Crippen molar-refractivity contribution in [1.29, 1.82) is 5.26 Å². The van der Waals surface area contributed by atoms with Gasteiger partial charge in [0, 0.05) is 11.8 Å². The van der Waals surface area contributed by atoms with Crippen molar-refractivity contribution in [3.05, 3.63) is 52.4 Å². The standard InChI is InChI=1S/C16H14ClFN8/c1-8-3-13(26-25-8)23-16-12(17)4-10(5-19)15(24-16)22-9(2)14-20-6-11(18)7-21-14/h3-4,6-7,9H,1-2H3,(H3,22,23,24,25,26). The van der Waals surface area contributed by atoms with Crippen molar-refractivity contribution < 1.29 is 4.39 Å². The lowest BCUT2D eigenvalue weighted by atomic mass is 10.2. The van der Waals surface area contributed by atoms with Crippen molar-refractivity contribution in [1.82, 2.24) is 25.1 Å². The molecule has 3 heterocycles. The molecule has 3 N–H and O–H groups in total. The highest BCUT2D eigenvalue weighted by Gasteiger charge is 2.16. The SMILES string of the molecule is Cc1cc(Nc2nc(NC(C)c3ncc(F)cn3)c(C#N)cc2Cl)n[nH]1. The smallest absolute Gasteiger partial charge is 0.159 e. The molecule has 0 saturated heterocycles. The Morgan fingerprint density at radius 2 is 2.00 bits per heavy atom. The first-order chi connectivity index (χ1) is 12.5. The molecule has 0 radical (unpaired) electrons. The van der Waals surface area contributed by atoms with Crippen molar-refractivity contribution in [2.75, 3.05) is 10.6 Å². The van der Waals surface area contributed by atoms with Crippen LogP contribution in [0.4, 0.5) is 21.8 Å². The Labute approximate surface area is 153 Å². The first-order valence-electron chi connectivity index (χ1n) is 7.60. The van der Waals surface area contributed by atoms with E-state index >= 15 is 0 Å². The van der Waals surface area contributed by atoms with Crippen molar-refractivity contribution in [2.45, 2.75) is 19.9 Å². The number of rotatable bonds is 5. The van der Waals surface area contributed by atoms with Crippen LogP contribution < -0.4 is 10.6 Å². The predicted octanol–water partition coefficient (Wildman–Crippen LogP) is 3.48. The number of nitriles is 1. The second kappa shape index (κ2) is 7.33.